The van der Waals surface area contributed by atoms with Crippen molar-refractivity contribution in [3.63, 3.8) is 0 Å². The van der Waals surface area contributed by atoms with Gasteiger partial charge in [-0.15, -0.1) is 0 Å². The lowest BCUT2D eigenvalue weighted by molar-refractivity contribution is -0.160. The van der Waals surface area contributed by atoms with Crippen LogP contribution in [-0.4, -0.2) is 48.5 Å². The van der Waals surface area contributed by atoms with E-state index >= 15 is 0 Å². The summed E-state index contributed by atoms with van der Waals surface area (Å²) in [5, 5.41) is 0. The van der Waals surface area contributed by atoms with Crippen LogP contribution in [0.4, 0.5) is 5.82 Å². The van der Waals surface area contributed by atoms with Crippen LogP contribution in [-0.2, 0) is 14.3 Å². The van der Waals surface area contributed by atoms with Crippen molar-refractivity contribution < 1.29 is 14.3 Å². The number of carbonyl (C=O) groups is 2. The fraction of sp³-hybridized carbons (Fsp3) is 0.316. The number of hydrogen-bond donors (Lipinski definition) is 0. The molecule has 2 amide bonds. The summed E-state index contributed by atoms with van der Waals surface area (Å²) in [6.45, 7) is 1.80. The normalized spacial score (nSPS) is 20.4. The summed E-state index contributed by atoms with van der Waals surface area (Å²) in [5.41, 5.74) is 1.76. The predicted molar refractivity (Wildman–Crippen MR) is 94.1 cm³/mol. The number of carbonyl (C=O) groups excluding carboxylic acids is 2. The van der Waals surface area contributed by atoms with E-state index in [1.54, 1.807) is 25.2 Å². The van der Waals surface area contributed by atoms with Gasteiger partial charge in [-0.2, -0.15) is 0 Å². The van der Waals surface area contributed by atoms with E-state index in [0.29, 0.717) is 5.82 Å². The van der Waals surface area contributed by atoms with Gasteiger partial charge in [0.15, 0.2) is 6.10 Å². The van der Waals surface area contributed by atoms with Crippen LogP contribution < -0.4 is 4.90 Å². The van der Waals surface area contributed by atoms with E-state index in [1.165, 1.54) is 4.90 Å². The SMILES string of the molecule is Cc1cccnc1N(C)C(=O)[C@@H]1OCC(=O)N(C)[C@@H]1c1ccccc1. The van der Waals surface area contributed by atoms with E-state index < -0.39 is 12.1 Å². The molecule has 1 fully saturated rings. The average molecular weight is 339 g/mol. The van der Waals surface area contributed by atoms with Gasteiger partial charge >= 0.3 is 0 Å². The van der Waals surface area contributed by atoms with E-state index in [1.807, 2.05) is 49.4 Å². The minimum absolute atomic E-state index is 0.106. The molecule has 25 heavy (non-hydrogen) atoms. The van der Waals surface area contributed by atoms with Crippen LogP contribution >= 0.6 is 0 Å². The van der Waals surface area contributed by atoms with Crippen molar-refractivity contribution in [2.75, 3.05) is 25.6 Å². The zero-order valence-electron chi connectivity index (χ0n) is 14.5. The summed E-state index contributed by atoms with van der Waals surface area (Å²) < 4.78 is 5.66. The highest BCUT2D eigenvalue weighted by Gasteiger charge is 2.41. The molecular weight excluding hydrogens is 318 g/mol. The Morgan fingerprint density at radius 3 is 2.64 bits per heavy atom. The molecule has 1 aliphatic rings. The van der Waals surface area contributed by atoms with Gasteiger partial charge < -0.3 is 9.64 Å². The summed E-state index contributed by atoms with van der Waals surface area (Å²) in [6, 6.07) is 12.7. The van der Waals surface area contributed by atoms with Crippen LogP contribution in [0.15, 0.2) is 48.7 Å². The van der Waals surface area contributed by atoms with Crippen molar-refractivity contribution in [2.24, 2.45) is 0 Å². The molecule has 0 N–H and O–H groups in total. The number of ether oxygens (including phenoxy) is 1. The number of morpholine rings is 1. The van der Waals surface area contributed by atoms with Crippen LogP contribution in [0.5, 0.6) is 0 Å². The maximum absolute atomic E-state index is 13.1. The van der Waals surface area contributed by atoms with E-state index in [4.69, 9.17) is 4.74 Å². The predicted octanol–water partition coefficient (Wildman–Crippen LogP) is 1.95. The molecule has 1 saturated heterocycles. The Balaban J connectivity index is 1.94. The largest absolute Gasteiger partial charge is 0.356 e. The van der Waals surface area contributed by atoms with Crippen LogP contribution in [0.25, 0.3) is 0 Å². The van der Waals surface area contributed by atoms with Gasteiger partial charge in [-0.3, -0.25) is 14.5 Å². The Hall–Kier alpha value is -2.73. The monoisotopic (exact) mass is 339 g/mol. The van der Waals surface area contributed by atoms with Gasteiger partial charge in [-0.25, -0.2) is 4.98 Å². The fourth-order valence-corrected chi connectivity index (χ4v) is 3.09. The number of likely N-dealkylation sites (N-methyl/N-ethyl adjacent to an activating group) is 2. The van der Waals surface area contributed by atoms with E-state index in [-0.39, 0.29) is 18.4 Å². The molecule has 1 aliphatic heterocycles. The molecule has 0 saturated carbocycles. The second-order valence-electron chi connectivity index (χ2n) is 6.13. The molecule has 3 rings (SSSR count). The first-order valence-corrected chi connectivity index (χ1v) is 8.12. The molecule has 2 atom stereocenters. The van der Waals surface area contributed by atoms with Gasteiger partial charge in [-0.1, -0.05) is 36.4 Å². The second-order valence-corrected chi connectivity index (χ2v) is 6.13. The smallest absolute Gasteiger partial charge is 0.259 e. The van der Waals surface area contributed by atoms with Crippen molar-refractivity contribution >= 4 is 17.6 Å². The highest BCUT2D eigenvalue weighted by molar-refractivity contribution is 5.97. The lowest BCUT2D eigenvalue weighted by atomic mass is 9.97. The fourth-order valence-electron chi connectivity index (χ4n) is 3.09. The summed E-state index contributed by atoms with van der Waals surface area (Å²) >= 11 is 0. The molecule has 2 heterocycles. The third-order valence-corrected chi connectivity index (χ3v) is 4.50. The van der Waals surface area contributed by atoms with Gasteiger partial charge in [-0.05, 0) is 24.1 Å². The van der Waals surface area contributed by atoms with Gasteiger partial charge in [0.1, 0.15) is 12.4 Å². The molecule has 1 aromatic heterocycles. The topological polar surface area (TPSA) is 62.7 Å². The number of hydrogen-bond acceptors (Lipinski definition) is 4. The highest BCUT2D eigenvalue weighted by atomic mass is 16.5. The Bertz CT molecular complexity index is 778. The zero-order chi connectivity index (χ0) is 18.0. The number of benzene rings is 1. The maximum Gasteiger partial charge on any atom is 0.259 e. The minimum Gasteiger partial charge on any atom is -0.356 e. The molecule has 6 nitrogen and oxygen atoms in total. The van der Waals surface area contributed by atoms with E-state index in [9.17, 15) is 9.59 Å². The second kappa shape index (κ2) is 7.03. The minimum atomic E-state index is -0.781. The van der Waals surface area contributed by atoms with Crippen molar-refractivity contribution in [2.45, 2.75) is 19.1 Å². The summed E-state index contributed by atoms with van der Waals surface area (Å²) in [5.74, 6) is 0.215. The molecule has 0 spiro atoms. The summed E-state index contributed by atoms with van der Waals surface area (Å²) in [4.78, 5) is 32.6. The van der Waals surface area contributed by atoms with Gasteiger partial charge in [0.25, 0.3) is 5.91 Å². The van der Waals surface area contributed by atoms with Crippen molar-refractivity contribution in [3.05, 3.63) is 59.8 Å². The van der Waals surface area contributed by atoms with E-state index in [0.717, 1.165) is 11.1 Å². The number of aromatic nitrogens is 1. The van der Waals surface area contributed by atoms with Gasteiger partial charge in [0.2, 0.25) is 5.91 Å². The van der Waals surface area contributed by atoms with Crippen LogP contribution in [0.2, 0.25) is 0 Å². The zero-order valence-corrected chi connectivity index (χ0v) is 14.5. The molecule has 0 aliphatic carbocycles. The molecule has 0 unspecified atom stereocenters. The average Bonchev–Trinajstić information content (AvgIpc) is 2.64. The van der Waals surface area contributed by atoms with Crippen molar-refractivity contribution in [3.8, 4) is 0 Å². The Kier molecular flexibility index (Phi) is 4.81. The molecular formula is C19H21N3O3. The van der Waals surface area contributed by atoms with Crippen LogP contribution in [0.3, 0.4) is 0 Å². The maximum atomic E-state index is 13.1. The number of aryl methyl sites for hydroxylation is 1. The molecule has 2 aromatic rings. The molecule has 6 heteroatoms. The third-order valence-electron chi connectivity index (χ3n) is 4.50. The highest BCUT2D eigenvalue weighted by Crippen LogP contribution is 2.31. The first-order valence-electron chi connectivity index (χ1n) is 8.12. The number of rotatable bonds is 3. The van der Waals surface area contributed by atoms with Crippen molar-refractivity contribution in [1.29, 1.82) is 0 Å². The number of anilines is 1. The molecule has 1 aromatic carbocycles. The lowest BCUT2D eigenvalue weighted by Gasteiger charge is -2.39. The molecule has 0 bridgehead atoms. The van der Waals surface area contributed by atoms with Crippen LogP contribution in [0.1, 0.15) is 17.2 Å². The molecule has 0 radical (unpaired) electrons. The Labute approximate surface area is 147 Å². The Morgan fingerprint density at radius 2 is 1.96 bits per heavy atom. The lowest BCUT2D eigenvalue weighted by Crippen LogP contribution is -2.53. The van der Waals surface area contributed by atoms with Crippen LogP contribution in [0, 0.1) is 6.92 Å². The summed E-state index contributed by atoms with van der Waals surface area (Å²) in [7, 11) is 3.38. The van der Waals surface area contributed by atoms with E-state index in [2.05, 4.69) is 4.98 Å². The standard InChI is InChI=1S/C19H21N3O3/c1-13-8-7-11-20-18(13)22(3)19(24)17-16(14-9-5-4-6-10-14)21(2)15(23)12-25-17/h4-11,16-17H,12H2,1-3H3/t16-,17-/m1/s1. The number of amides is 2. The number of nitrogens with zero attached hydrogens (tertiary/aromatic N) is 3. The third kappa shape index (κ3) is 3.25. The summed E-state index contributed by atoms with van der Waals surface area (Å²) in [6.07, 6.45) is 0.870. The van der Waals surface area contributed by atoms with Gasteiger partial charge in [0.05, 0.1) is 6.04 Å². The number of pyridine rings is 1. The Morgan fingerprint density at radius 1 is 1.24 bits per heavy atom. The molecule has 130 valence electrons. The first-order chi connectivity index (χ1) is 12.0. The van der Waals surface area contributed by atoms with Gasteiger partial charge in [0, 0.05) is 20.3 Å². The van der Waals surface area contributed by atoms with Crippen molar-refractivity contribution in [1.82, 2.24) is 9.88 Å². The first kappa shape index (κ1) is 17.1. The quantitative estimate of drug-likeness (QED) is 0.857.